The van der Waals surface area contributed by atoms with Crippen molar-refractivity contribution in [3.8, 4) is 0 Å². The first-order chi connectivity index (χ1) is 9.99. The van der Waals surface area contributed by atoms with Gasteiger partial charge < -0.3 is 11.1 Å². The quantitative estimate of drug-likeness (QED) is 0.718. The number of hydrogen-bond acceptors (Lipinski definition) is 2. The number of rotatable bonds is 4. The highest BCUT2D eigenvalue weighted by Crippen LogP contribution is 2.27. The predicted octanol–water partition coefficient (Wildman–Crippen LogP) is 4.22. The summed E-state index contributed by atoms with van der Waals surface area (Å²) in [5, 5.41) is 2.85. The number of anilines is 1. The molecule has 1 amide bonds. The minimum absolute atomic E-state index is 0.143. The van der Waals surface area contributed by atoms with Crippen molar-refractivity contribution in [2.45, 2.75) is 5.92 Å². The van der Waals surface area contributed by atoms with E-state index in [1.165, 1.54) is 0 Å². The molecule has 0 saturated heterocycles. The van der Waals surface area contributed by atoms with Crippen LogP contribution in [0, 0.1) is 0 Å². The van der Waals surface area contributed by atoms with Crippen LogP contribution in [-0.2, 0) is 4.79 Å². The Bertz CT molecular complexity index is 677. The molecule has 0 heterocycles. The summed E-state index contributed by atoms with van der Waals surface area (Å²) < 4.78 is 1.65. The van der Waals surface area contributed by atoms with Gasteiger partial charge in [-0.05, 0) is 39.7 Å². The third kappa shape index (κ3) is 4.12. The van der Waals surface area contributed by atoms with E-state index in [9.17, 15) is 4.79 Å². The van der Waals surface area contributed by atoms with Crippen LogP contribution in [0.1, 0.15) is 11.5 Å². The van der Waals surface area contributed by atoms with Crippen molar-refractivity contribution in [2.24, 2.45) is 5.73 Å². The topological polar surface area (TPSA) is 55.1 Å². The molecular weight excluding hydrogens is 416 g/mol. The Hall–Kier alpha value is -1.24. The van der Waals surface area contributed by atoms with Crippen LogP contribution in [0.3, 0.4) is 0 Å². The first-order valence-electron chi connectivity index (χ1n) is 6.09. The van der Waals surface area contributed by atoms with E-state index >= 15 is 0 Å². The molecule has 0 aliphatic heterocycles. The van der Waals surface area contributed by atoms with Crippen LogP contribution in [0.25, 0.3) is 0 Å². The summed E-state index contributed by atoms with van der Waals surface area (Å²) in [5.74, 6) is -0.917. The van der Waals surface area contributed by atoms with E-state index in [2.05, 4.69) is 37.2 Å². The molecule has 1 atom stereocenters. The van der Waals surface area contributed by atoms with Gasteiger partial charge >= 0.3 is 0 Å². The number of nitrogens with two attached hydrogens (primary N) is 1. The van der Waals surface area contributed by atoms with E-state index in [0.29, 0.717) is 5.69 Å². The van der Waals surface area contributed by atoms with Gasteiger partial charge in [0.15, 0.2) is 0 Å². The molecule has 2 aromatic rings. The number of nitrogens with one attached hydrogen (secondary N) is 1. The average Bonchev–Trinajstić information content (AvgIpc) is 2.44. The second-order valence-electron chi connectivity index (χ2n) is 4.36. The van der Waals surface area contributed by atoms with Crippen LogP contribution >= 0.6 is 44.1 Å². The second kappa shape index (κ2) is 7.15. The van der Waals surface area contributed by atoms with Crippen molar-refractivity contribution in [2.75, 3.05) is 5.32 Å². The second-order valence-corrected chi connectivity index (χ2v) is 6.60. The first-order valence-corrected chi connectivity index (χ1v) is 8.08. The number of carbonyl (C=O) groups is 1. The lowest BCUT2D eigenvalue weighted by Crippen LogP contribution is -2.31. The maximum absolute atomic E-state index is 12.5. The van der Waals surface area contributed by atoms with Gasteiger partial charge in [0, 0.05) is 8.95 Å². The van der Waals surface area contributed by atoms with Crippen LogP contribution in [-0.4, -0.2) is 10.9 Å². The molecule has 2 aromatic carbocycles. The van der Waals surface area contributed by atoms with Crippen molar-refractivity contribution >= 4 is 60.7 Å². The van der Waals surface area contributed by atoms with E-state index in [0.717, 1.165) is 14.5 Å². The van der Waals surface area contributed by atoms with Gasteiger partial charge in [0.05, 0.1) is 10.7 Å². The zero-order valence-electron chi connectivity index (χ0n) is 10.8. The first kappa shape index (κ1) is 16.1. The van der Waals surface area contributed by atoms with Gasteiger partial charge in [-0.3, -0.25) is 4.79 Å². The van der Waals surface area contributed by atoms with Crippen molar-refractivity contribution in [3.05, 3.63) is 63.0 Å². The Morgan fingerprint density at radius 2 is 1.81 bits per heavy atom. The standard InChI is InChI=1S/C15H12Br2N2OS/c16-10-6-7-11(17)12(8-10)19-15(20)13(14(18)21)9-4-2-1-3-5-9/h1-8,13H,(H2,18,21)(H,19,20). The molecule has 108 valence electrons. The van der Waals surface area contributed by atoms with Crippen molar-refractivity contribution in [3.63, 3.8) is 0 Å². The number of benzene rings is 2. The largest absolute Gasteiger partial charge is 0.392 e. The van der Waals surface area contributed by atoms with E-state index in [1.54, 1.807) is 0 Å². The van der Waals surface area contributed by atoms with E-state index in [1.807, 2.05) is 48.5 Å². The fourth-order valence-corrected chi connectivity index (χ4v) is 2.84. The van der Waals surface area contributed by atoms with Crippen LogP contribution < -0.4 is 11.1 Å². The SMILES string of the molecule is NC(=S)C(C(=O)Nc1cc(Br)ccc1Br)c1ccccc1. The van der Waals surface area contributed by atoms with Crippen LogP contribution in [0.2, 0.25) is 0 Å². The van der Waals surface area contributed by atoms with Gasteiger partial charge in [-0.25, -0.2) is 0 Å². The zero-order valence-corrected chi connectivity index (χ0v) is 14.8. The molecule has 6 heteroatoms. The Balaban J connectivity index is 2.28. The number of carbonyl (C=O) groups excluding carboxylic acids is 1. The monoisotopic (exact) mass is 426 g/mol. The molecule has 0 bridgehead atoms. The van der Waals surface area contributed by atoms with Crippen molar-refractivity contribution in [1.82, 2.24) is 0 Å². The lowest BCUT2D eigenvalue weighted by atomic mass is 9.98. The number of hydrogen-bond donors (Lipinski definition) is 2. The number of amides is 1. The highest BCUT2D eigenvalue weighted by Gasteiger charge is 2.24. The molecule has 3 N–H and O–H groups in total. The minimum Gasteiger partial charge on any atom is -0.392 e. The lowest BCUT2D eigenvalue weighted by Gasteiger charge is -2.16. The molecule has 0 saturated carbocycles. The fraction of sp³-hybridized carbons (Fsp3) is 0.0667. The van der Waals surface area contributed by atoms with E-state index in [4.69, 9.17) is 18.0 Å². The molecule has 0 aromatic heterocycles. The fourth-order valence-electron chi connectivity index (χ4n) is 1.89. The van der Waals surface area contributed by atoms with E-state index < -0.39 is 5.92 Å². The third-order valence-electron chi connectivity index (χ3n) is 2.87. The Morgan fingerprint density at radius 3 is 2.43 bits per heavy atom. The van der Waals surface area contributed by atoms with Crippen molar-refractivity contribution in [1.29, 1.82) is 0 Å². The summed E-state index contributed by atoms with van der Waals surface area (Å²) in [6.45, 7) is 0. The van der Waals surface area contributed by atoms with Crippen LogP contribution in [0.5, 0.6) is 0 Å². The Kier molecular flexibility index (Phi) is 5.50. The molecule has 0 aliphatic rings. The third-order valence-corrected chi connectivity index (χ3v) is 4.29. The van der Waals surface area contributed by atoms with Gasteiger partial charge in [0.2, 0.25) is 5.91 Å². The number of thiocarbonyl (C=S) groups is 1. The van der Waals surface area contributed by atoms with Crippen LogP contribution in [0.4, 0.5) is 5.69 Å². The predicted molar refractivity (Wildman–Crippen MR) is 96.4 cm³/mol. The summed E-state index contributed by atoms with van der Waals surface area (Å²) in [6.07, 6.45) is 0. The lowest BCUT2D eigenvalue weighted by molar-refractivity contribution is -0.116. The smallest absolute Gasteiger partial charge is 0.238 e. The highest BCUT2D eigenvalue weighted by atomic mass is 79.9. The molecule has 2 rings (SSSR count). The normalized spacial score (nSPS) is 11.7. The molecule has 21 heavy (non-hydrogen) atoms. The number of halogens is 2. The van der Waals surface area contributed by atoms with E-state index in [-0.39, 0.29) is 10.9 Å². The van der Waals surface area contributed by atoms with Crippen molar-refractivity contribution < 1.29 is 4.79 Å². The molecule has 3 nitrogen and oxygen atoms in total. The molecule has 0 fully saturated rings. The molecule has 0 radical (unpaired) electrons. The van der Waals surface area contributed by atoms with Gasteiger partial charge in [0.25, 0.3) is 0 Å². The van der Waals surface area contributed by atoms with Gasteiger partial charge in [-0.15, -0.1) is 0 Å². The summed E-state index contributed by atoms with van der Waals surface area (Å²) >= 11 is 11.8. The van der Waals surface area contributed by atoms with Crippen LogP contribution in [0.15, 0.2) is 57.5 Å². The Morgan fingerprint density at radius 1 is 1.14 bits per heavy atom. The zero-order chi connectivity index (χ0) is 15.4. The minimum atomic E-state index is -0.660. The Labute approximate surface area is 145 Å². The summed E-state index contributed by atoms with van der Waals surface area (Å²) in [6, 6.07) is 14.8. The summed E-state index contributed by atoms with van der Waals surface area (Å²) in [7, 11) is 0. The average molecular weight is 428 g/mol. The molecular formula is C15H12Br2N2OS. The van der Waals surface area contributed by atoms with Gasteiger partial charge in [0.1, 0.15) is 5.92 Å². The maximum Gasteiger partial charge on any atom is 0.238 e. The molecule has 0 spiro atoms. The summed E-state index contributed by atoms with van der Waals surface area (Å²) in [5.41, 5.74) is 7.17. The maximum atomic E-state index is 12.5. The highest BCUT2D eigenvalue weighted by molar-refractivity contribution is 9.11. The summed E-state index contributed by atoms with van der Waals surface area (Å²) in [4.78, 5) is 12.6. The van der Waals surface area contributed by atoms with Gasteiger partial charge in [-0.2, -0.15) is 0 Å². The molecule has 0 aliphatic carbocycles. The molecule has 1 unspecified atom stereocenters. The van der Waals surface area contributed by atoms with Gasteiger partial charge in [-0.1, -0.05) is 58.5 Å².